The Hall–Kier alpha value is -3.29. The van der Waals surface area contributed by atoms with Gasteiger partial charge in [-0.3, -0.25) is 9.78 Å². The average Bonchev–Trinajstić information content (AvgIpc) is 3.28. The summed E-state index contributed by atoms with van der Waals surface area (Å²) in [6.07, 6.45) is 4.32. The van der Waals surface area contributed by atoms with Gasteiger partial charge in [0.2, 0.25) is 0 Å². The lowest BCUT2D eigenvalue weighted by Crippen LogP contribution is -2.19. The van der Waals surface area contributed by atoms with Gasteiger partial charge in [-0.05, 0) is 24.3 Å². The van der Waals surface area contributed by atoms with Gasteiger partial charge in [-0.2, -0.15) is 10.2 Å². The second-order valence-electron chi connectivity index (χ2n) is 6.46. The molecule has 0 spiro atoms. The summed E-state index contributed by atoms with van der Waals surface area (Å²) in [4.78, 5) is 11.3. The maximum Gasteiger partial charge on any atom is 0.163 e. The summed E-state index contributed by atoms with van der Waals surface area (Å²) in [7, 11) is 3.86. The Bertz CT molecular complexity index is 1080. The van der Waals surface area contributed by atoms with Crippen LogP contribution in [0.25, 0.3) is 22.3 Å². The number of H-pyrrole nitrogens is 1. The van der Waals surface area contributed by atoms with Crippen LogP contribution in [0.1, 0.15) is 18.3 Å². The van der Waals surface area contributed by atoms with Crippen LogP contribution in [0.3, 0.4) is 0 Å². The summed E-state index contributed by atoms with van der Waals surface area (Å²) in [5.41, 5.74) is 3.57. The molecule has 0 radical (unpaired) electrons. The third kappa shape index (κ3) is 3.14. The summed E-state index contributed by atoms with van der Waals surface area (Å²) in [5.74, 6) is 1.35. The van der Waals surface area contributed by atoms with E-state index in [1.807, 2.05) is 21.0 Å². The van der Waals surface area contributed by atoms with Gasteiger partial charge in [0, 0.05) is 38.2 Å². The van der Waals surface area contributed by atoms with E-state index in [0.29, 0.717) is 6.54 Å². The van der Waals surface area contributed by atoms with Gasteiger partial charge in [0.15, 0.2) is 5.65 Å². The minimum absolute atomic E-state index is 0.260. The molecular formula is C19H20FN7. The van der Waals surface area contributed by atoms with Crippen molar-refractivity contribution in [3.05, 3.63) is 53.9 Å². The molecule has 7 nitrogen and oxygen atoms in total. The first-order chi connectivity index (χ1) is 13.1. The Morgan fingerprint density at radius 2 is 1.93 bits per heavy atom. The predicted molar refractivity (Wildman–Crippen MR) is 102 cm³/mol. The highest BCUT2D eigenvalue weighted by molar-refractivity contribution is 5.87. The number of fused-ring (bicyclic) bond motifs is 1. The number of aryl methyl sites for hydroxylation is 2. The average molecular weight is 365 g/mol. The molecule has 1 N–H and O–H groups in total. The molecule has 0 aliphatic rings. The van der Waals surface area contributed by atoms with E-state index in [-0.39, 0.29) is 5.82 Å². The highest BCUT2D eigenvalue weighted by Gasteiger charge is 2.17. The third-order valence-corrected chi connectivity index (χ3v) is 4.55. The number of hydrogen-bond donors (Lipinski definition) is 1. The van der Waals surface area contributed by atoms with Crippen molar-refractivity contribution in [2.75, 3.05) is 11.9 Å². The quantitative estimate of drug-likeness (QED) is 0.588. The zero-order chi connectivity index (χ0) is 19.0. The molecule has 8 heteroatoms. The van der Waals surface area contributed by atoms with Crippen molar-refractivity contribution in [2.24, 2.45) is 7.05 Å². The smallest absolute Gasteiger partial charge is 0.163 e. The van der Waals surface area contributed by atoms with Gasteiger partial charge in [-0.25, -0.2) is 14.4 Å². The second-order valence-corrected chi connectivity index (χ2v) is 6.46. The minimum atomic E-state index is -0.260. The van der Waals surface area contributed by atoms with Crippen molar-refractivity contribution < 1.29 is 4.39 Å². The fourth-order valence-corrected chi connectivity index (χ4v) is 3.13. The number of hydrogen-bond acceptors (Lipinski definition) is 5. The van der Waals surface area contributed by atoms with Gasteiger partial charge in [0.05, 0.1) is 23.5 Å². The fraction of sp³-hybridized carbons (Fsp3) is 0.263. The van der Waals surface area contributed by atoms with E-state index in [4.69, 9.17) is 4.98 Å². The van der Waals surface area contributed by atoms with Crippen LogP contribution in [0.5, 0.6) is 0 Å². The molecular weight excluding hydrogens is 345 g/mol. The van der Waals surface area contributed by atoms with Crippen LogP contribution < -0.4 is 4.90 Å². The van der Waals surface area contributed by atoms with Gasteiger partial charge in [0.1, 0.15) is 17.5 Å². The molecule has 0 bridgehead atoms. The Balaban J connectivity index is 1.70. The van der Waals surface area contributed by atoms with Crippen molar-refractivity contribution in [3.63, 3.8) is 0 Å². The molecule has 3 aromatic heterocycles. The molecule has 27 heavy (non-hydrogen) atoms. The van der Waals surface area contributed by atoms with Crippen molar-refractivity contribution in [1.82, 2.24) is 29.9 Å². The molecule has 138 valence electrons. The lowest BCUT2D eigenvalue weighted by molar-refractivity contribution is 0.628. The Labute approximate surface area is 155 Å². The summed E-state index contributed by atoms with van der Waals surface area (Å²) < 4.78 is 15.0. The van der Waals surface area contributed by atoms with E-state index < -0.39 is 0 Å². The Morgan fingerprint density at radius 1 is 1.15 bits per heavy atom. The highest BCUT2D eigenvalue weighted by Crippen LogP contribution is 2.27. The van der Waals surface area contributed by atoms with E-state index in [9.17, 15) is 4.39 Å². The summed E-state index contributed by atoms with van der Waals surface area (Å²) in [6.45, 7) is 2.62. The second kappa shape index (κ2) is 6.79. The third-order valence-electron chi connectivity index (χ3n) is 4.55. The van der Waals surface area contributed by atoms with Crippen molar-refractivity contribution in [1.29, 1.82) is 0 Å². The zero-order valence-corrected chi connectivity index (χ0v) is 15.4. The van der Waals surface area contributed by atoms with Crippen LogP contribution in [0, 0.1) is 5.82 Å². The number of benzene rings is 1. The number of aromatic amines is 1. The van der Waals surface area contributed by atoms with Gasteiger partial charge >= 0.3 is 0 Å². The lowest BCUT2D eigenvalue weighted by atomic mass is 10.1. The highest BCUT2D eigenvalue weighted by atomic mass is 19.1. The van der Waals surface area contributed by atoms with Crippen molar-refractivity contribution in [2.45, 2.75) is 19.9 Å². The maximum absolute atomic E-state index is 13.2. The monoisotopic (exact) mass is 365 g/mol. The van der Waals surface area contributed by atoms with E-state index >= 15 is 0 Å². The normalized spacial score (nSPS) is 11.3. The van der Waals surface area contributed by atoms with Gasteiger partial charge in [0.25, 0.3) is 0 Å². The van der Waals surface area contributed by atoms with Crippen LogP contribution >= 0.6 is 0 Å². The molecule has 4 aromatic rings. The van der Waals surface area contributed by atoms with E-state index in [1.165, 1.54) is 12.1 Å². The molecule has 0 fully saturated rings. The van der Waals surface area contributed by atoms with Crippen LogP contribution in [0.4, 0.5) is 10.2 Å². The predicted octanol–water partition coefficient (Wildman–Crippen LogP) is 3.09. The first kappa shape index (κ1) is 17.1. The molecule has 0 aliphatic carbocycles. The zero-order valence-electron chi connectivity index (χ0n) is 15.4. The van der Waals surface area contributed by atoms with Crippen LogP contribution in [-0.4, -0.2) is 37.0 Å². The number of rotatable bonds is 5. The van der Waals surface area contributed by atoms with Crippen molar-refractivity contribution >= 4 is 16.9 Å². The molecule has 0 saturated carbocycles. The fourth-order valence-electron chi connectivity index (χ4n) is 3.13. The molecule has 3 heterocycles. The number of nitrogens with one attached hydrogen (secondary N) is 1. The van der Waals surface area contributed by atoms with E-state index in [2.05, 4.69) is 25.2 Å². The summed E-state index contributed by atoms with van der Waals surface area (Å²) >= 11 is 0. The van der Waals surface area contributed by atoms with Crippen LogP contribution in [0.15, 0.2) is 36.7 Å². The van der Waals surface area contributed by atoms with Gasteiger partial charge < -0.3 is 4.90 Å². The van der Waals surface area contributed by atoms with Crippen LogP contribution in [-0.2, 0) is 20.0 Å². The topological polar surface area (TPSA) is 75.5 Å². The molecule has 0 aliphatic heterocycles. The standard InChI is InChI=1S/C19H20FN7/c1-4-16-23-18(15-10-22-27(3)19(15)24-16)26(2)11-13-9-21-25-17(13)12-5-7-14(20)8-6-12/h5-10H,4,11H2,1-3H3,(H,21,25). The number of anilines is 1. The number of halogens is 1. The Kier molecular flexibility index (Phi) is 4.31. The molecule has 4 rings (SSSR count). The van der Waals surface area contributed by atoms with Gasteiger partial charge in [-0.1, -0.05) is 6.92 Å². The minimum Gasteiger partial charge on any atom is -0.354 e. The molecule has 1 aromatic carbocycles. The molecule has 0 amide bonds. The van der Waals surface area contributed by atoms with E-state index in [0.717, 1.165) is 45.9 Å². The first-order valence-electron chi connectivity index (χ1n) is 8.74. The van der Waals surface area contributed by atoms with Crippen molar-refractivity contribution in [3.8, 4) is 11.3 Å². The SMILES string of the molecule is CCc1nc(N(C)Cc2cn[nH]c2-c2ccc(F)cc2)c2cnn(C)c2n1. The lowest BCUT2D eigenvalue weighted by Gasteiger charge is -2.19. The molecule has 0 atom stereocenters. The molecule has 0 saturated heterocycles. The van der Waals surface area contributed by atoms with Crippen LogP contribution in [0.2, 0.25) is 0 Å². The summed E-state index contributed by atoms with van der Waals surface area (Å²) in [6, 6.07) is 6.37. The van der Waals surface area contributed by atoms with Gasteiger partial charge in [-0.15, -0.1) is 0 Å². The largest absolute Gasteiger partial charge is 0.354 e. The molecule has 0 unspecified atom stereocenters. The maximum atomic E-state index is 13.2. The Morgan fingerprint density at radius 3 is 2.67 bits per heavy atom. The summed E-state index contributed by atoms with van der Waals surface area (Å²) in [5, 5.41) is 12.4. The number of nitrogens with zero attached hydrogens (tertiary/aromatic N) is 6. The number of aromatic nitrogens is 6. The first-order valence-corrected chi connectivity index (χ1v) is 8.74. The van der Waals surface area contributed by atoms with E-state index in [1.54, 1.807) is 29.2 Å².